The number of nitrogens with one attached hydrogen (secondary N) is 3. The molecule has 17 heavy (non-hydrogen) atoms. The van der Waals surface area contributed by atoms with E-state index in [0.29, 0.717) is 0 Å². The van der Waals surface area contributed by atoms with Crippen molar-refractivity contribution in [2.75, 3.05) is 5.32 Å². The van der Waals surface area contributed by atoms with Crippen molar-refractivity contribution in [2.45, 2.75) is 6.04 Å². The van der Waals surface area contributed by atoms with E-state index in [1.54, 1.807) is 0 Å². The van der Waals surface area contributed by atoms with Gasteiger partial charge in [0.05, 0.1) is 6.04 Å². The number of anilines is 1. The summed E-state index contributed by atoms with van der Waals surface area (Å²) in [6.45, 7) is 0. The number of primary amides is 2. The number of fused-ring (bicyclic) bond motifs is 1. The number of nitrogens with zero attached hydrogens (tertiary/aromatic N) is 2. The number of carbonyl (C=O) groups is 3. The first kappa shape index (κ1) is 10.9. The van der Waals surface area contributed by atoms with Crippen molar-refractivity contribution in [2.24, 2.45) is 17.4 Å². The second kappa shape index (κ2) is 3.73. The highest BCUT2D eigenvalue weighted by Crippen LogP contribution is 2.28. The van der Waals surface area contributed by atoms with Gasteiger partial charge in [0, 0.05) is 0 Å². The summed E-state index contributed by atoms with van der Waals surface area (Å²) in [7, 11) is 0. The molecular formula is C7H9N7O3. The maximum Gasteiger partial charge on any atom is 0.321 e. The molecule has 2 rings (SSSR count). The van der Waals surface area contributed by atoms with E-state index < -0.39 is 29.8 Å². The summed E-state index contributed by atoms with van der Waals surface area (Å²) >= 11 is 0. The summed E-state index contributed by atoms with van der Waals surface area (Å²) in [5.74, 6) is -3.14. The smallest absolute Gasteiger partial charge is 0.321 e. The minimum atomic E-state index is -1.38. The topological polar surface area (TPSA) is 169 Å². The van der Waals surface area contributed by atoms with Gasteiger partial charge in [-0.15, -0.1) is 5.10 Å². The van der Waals surface area contributed by atoms with Crippen LogP contribution in [0.15, 0.2) is 0 Å². The number of carbonyl (C=O) groups excluding carboxylic acids is 3. The maximum absolute atomic E-state index is 11.3. The number of urea groups is 1. The van der Waals surface area contributed by atoms with Gasteiger partial charge in [0.2, 0.25) is 11.8 Å². The second-order valence-electron chi connectivity index (χ2n) is 3.42. The molecule has 4 amide bonds. The van der Waals surface area contributed by atoms with E-state index in [2.05, 4.69) is 26.0 Å². The zero-order chi connectivity index (χ0) is 12.6. The Morgan fingerprint density at radius 1 is 1.24 bits per heavy atom. The van der Waals surface area contributed by atoms with Crippen molar-refractivity contribution in [3.8, 4) is 0 Å². The van der Waals surface area contributed by atoms with E-state index in [1.807, 2.05) is 0 Å². The van der Waals surface area contributed by atoms with Crippen LogP contribution in [0.2, 0.25) is 0 Å². The fourth-order valence-electron chi connectivity index (χ4n) is 1.61. The van der Waals surface area contributed by atoms with E-state index in [1.165, 1.54) is 0 Å². The lowest BCUT2D eigenvalue weighted by molar-refractivity contribution is -0.132. The molecule has 0 spiro atoms. The zero-order valence-corrected chi connectivity index (χ0v) is 8.43. The van der Waals surface area contributed by atoms with E-state index in [9.17, 15) is 14.4 Å². The summed E-state index contributed by atoms with van der Waals surface area (Å²) in [4.78, 5) is 33.6. The lowest BCUT2D eigenvalue weighted by Gasteiger charge is -2.25. The molecule has 0 fully saturated rings. The van der Waals surface area contributed by atoms with Crippen LogP contribution in [0.5, 0.6) is 0 Å². The summed E-state index contributed by atoms with van der Waals surface area (Å²) < 4.78 is 0. The second-order valence-corrected chi connectivity index (χ2v) is 3.42. The molecule has 1 aliphatic heterocycles. The third kappa shape index (κ3) is 1.75. The number of rotatable bonds is 3. The SMILES string of the molecule is NC(=O)C(C(N)=O)C1NC(=O)Nc2n[nH]nc21. The Labute approximate surface area is 94.1 Å². The van der Waals surface area contributed by atoms with Crippen molar-refractivity contribution in [3.05, 3.63) is 5.69 Å². The minimum absolute atomic E-state index is 0.131. The molecule has 0 saturated carbocycles. The van der Waals surface area contributed by atoms with Gasteiger partial charge in [0.1, 0.15) is 11.6 Å². The van der Waals surface area contributed by atoms with Gasteiger partial charge in [-0.3, -0.25) is 14.9 Å². The van der Waals surface area contributed by atoms with E-state index in [0.717, 1.165) is 0 Å². The molecule has 0 aliphatic carbocycles. The molecular weight excluding hydrogens is 230 g/mol. The van der Waals surface area contributed by atoms with Crippen LogP contribution in [0.4, 0.5) is 10.6 Å². The lowest BCUT2D eigenvalue weighted by atomic mass is 9.94. The van der Waals surface area contributed by atoms with Crippen LogP contribution in [0.1, 0.15) is 11.7 Å². The van der Waals surface area contributed by atoms with Crippen LogP contribution in [0.3, 0.4) is 0 Å². The summed E-state index contributed by atoms with van der Waals surface area (Å²) in [5, 5.41) is 14.3. The Kier molecular flexibility index (Phi) is 2.38. The van der Waals surface area contributed by atoms with Crippen LogP contribution < -0.4 is 22.1 Å². The number of amides is 4. The maximum atomic E-state index is 11.3. The van der Waals surface area contributed by atoms with Crippen LogP contribution in [-0.2, 0) is 9.59 Å². The Hall–Kier alpha value is -2.65. The van der Waals surface area contributed by atoms with Gasteiger partial charge < -0.3 is 16.8 Å². The van der Waals surface area contributed by atoms with Crippen LogP contribution in [-0.4, -0.2) is 33.3 Å². The van der Waals surface area contributed by atoms with Crippen molar-refractivity contribution in [3.63, 3.8) is 0 Å². The molecule has 0 aromatic carbocycles. The minimum Gasteiger partial charge on any atom is -0.369 e. The molecule has 10 heteroatoms. The quantitative estimate of drug-likeness (QED) is 0.368. The Balaban J connectivity index is 2.42. The standard InChI is InChI=1S/C7H9N7O3/c8-4(15)1(5(9)16)2-3-6(13-14-12-3)11-7(17)10-2/h1-2H,(H2,8,15)(H2,9,16)(H3,10,11,12,13,14,17). The molecule has 1 aromatic heterocycles. The number of aromatic nitrogens is 3. The van der Waals surface area contributed by atoms with E-state index in [4.69, 9.17) is 11.5 Å². The Morgan fingerprint density at radius 3 is 2.47 bits per heavy atom. The summed E-state index contributed by atoms with van der Waals surface area (Å²) in [6.07, 6.45) is 0. The molecule has 2 heterocycles. The molecule has 1 aromatic rings. The molecule has 1 unspecified atom stereocenters. The van der Waals surface area contributed by atoms with Crippen LogP contribution in [0, 0.1) is 5.92 Å². The predicted molar refractivity (Wildman–Crippen MR) is 53.2 cm³/mol. The molecule has 1 atom stereocenters. The summed E-state index contributed by atoms with van der Waals surface area (Å²) in [5.41, 5.74) is 10.3. The first-order valence-corrected chi connectivity index (χ1v) is 4.57. The molecule has 7 N–H and O–H groups in total. The Morgan fingerprint density at radius 2 is 1.88 bits per heavy atom. The number of hydrogen-bond donors (Lipinski definition) is 5. The third-order valence-electron chi connectivity index (χ3n) is 2.33. The fraction of sp³-hybridized carbons (Fsp3) is 0.286. The lowest BCUT2D eigenvalue weighted by Crippen LogP contribution is -2.49. The van der Waals surface area contributed by atoms with Crippen molar-refractivity contribution >= 4 is 23.7 Å². The first-order chi connectivity index (χ1) is 8.00. The molecule has 0 saturated heterocycles. The van der Waals surface area contributed by atoms with Gasteiger partial charge in [0.15, 0.2) is 5.82 Å². The molecule has 1 aliphatic rings. The van der Waals surface area contributed by atoms with Gasteiger partial charge >= 0.3 is 6.03 Å². The monoisotopic (exact) mass is 239 g/mol. The zero-order valence-electron chi connectivity index (χ0n) is 8.43. The van der Waals surface area contributed by atoms with Gasteiger partial charge in [-0.05, 0) is 0 Å². The number of H-pyrrole nitrogens is 1. The van der Waals surface area contributed by atoms with Crippen molar-refractivity contribution in [1.82, 2.24) is 20.7 Å². The largest absolute Gasteiger partial charge is 0.369 e. The average Bonchev–Trinajstić information content (AvgIpc) is 2.63. The highest BCUT2D eigenvalue weighted by molar-refractivity contribution is 6.01. The van der Waals surface area contributed by atoms with Crippen molar-refractivity contribution in [1.29, 1.82) is 0 Å². The highest BCUT2D eigenvalue weighted by Gasteiger charge is 2.40. The highest BCUT2D eigenvalue weighted by atomic mass is 16.2. The summed E-state index contributed by atoms with van der Waals surface area (Å²) in [6, 6.07) is -1.64. The predicted octanol–water partition coefficient (Wildman–Crippen LogP) is -2.43. The fourth-order valence-corrected chi connectivity index (χ4v) is 1.61. The molecule has 10 nitrogen and oxygen atoms in total. The van der Waals surface area contributed by atoms with E-state index >= 15 is 0 Å². The first-order valence-electron chi connectivity index (χ1n) is 4.57. The van der Waals surface area contributed by atoms with E-state index in [-0.39, 0.29) is 11.5 Å². The molecule has 0 radical (unpaired) electrons. The molecule has 90 valence electrons. The van der Waals surface area contributed by atoms with Crippen LogP contribution in [0.25, 0.3) is 0 Å². The van der Waals surface area contributed by atoms with Gasteiger partial charge in [-0.25, -0.2) is 4.79 Å². The van der Waals surface area contributed by atoms with Gasteiger partial charge in [0.25, 0.3) is 0 Å². The van der Waals surface area contributed by atoms with Gasteiger partial charge in [-0.1, -0.05) is 0 Å². The number of hydrogen-bond acceptors (Lipinski definition) is 5. The number of aromatic amines is 1. The van der Waals surface area contributed by atoms with Crippen LogP contribution >= 0.6 is 0 Å². The normalized spacial score (nSPS) is 18.2. The number of nitrogens with two attached hydrogens (primary N) is 2. The van der Waals surface area contributed by atoms with Crippen molar-refractivity contribution < 1.29 is 14.4 Å². The Bertz CT molecular complexity index is 481. The molecule has 0 bridgehead atoms. The third-order valence-corrected chi connectivity index (χ3v) is 2.33. The average molecular weight is 239 g/mol. The van der Waals surface area contributed by atoms with Gasteiger partial charge in [-0.2, -0.15) is 10.3 Å².